The minimum Gasteiger partial charge on any atom is -0.278 e. The molecule has 0 radical (unpaired) electrons. The number of thiophene rings is 2. The van der Waals surface area contributed by atoms with Crippen LogP contribution in [-0.2, 0) is 0 Å². The SMILES string of the molecule is CC1C=c2c(sc3cc4c5ccccc5n(-c5nc(-c6cc(-c7ccccc7)cc(-c7ccccc7)c6)c6c(n5)sc5ccccc56)c4cc23)=CC1. The highest BCUT2D eigenvalue weighted by Gasteiger charge is 2.22. The van der Waals surface area contributed by atoms with Gasteiger partial charge in [-0.15, -0.1) is 22.7 Å². The summed E-state index contributed by atoms with van der Waals surface area (Å²) in [6, 6.07) is 50.4. The van der Waals surface area contributed by atoms with Crippen LogP contribution >= 0.6 is 22.7 Å². The third-order valence-corrected chi connectivity index (χ3v) is 12.8. The Labute approximate surface area is 308 Å². The fourth-order valence-corrected chi connectivity index (χ4v) is 10.3. The highest BCUT2D eigenvalue weighted by atomic mass is 32.1. The molecular formula is C47H31N3S2. The van der Waals surface area contributed by atoms with Crippen molar-refractivity contribution >= 4 is 87.0 Å². The molecule has 0 aliphatic heterocycles. The van der Waals surface area contributed by atoms with Gasteiger partial charge < -0.3 is 0 Å². The second-order valence-corrected chi connectivity index (χ2v) is 16.0. The number of fused-ring (bicyclic) bond motifs is 9. The first kappa shape index (κ1) is 29.8. The molecule has 0 amide bonds. The van der Waals surface area contributed by atoms with Crippen molar-refractivity contribution in [1.82, 2.24) is 14.5 Å². The van der Waals surface area contributed by atoms with Gasteiger partial charge in [-0.1, -0.05) is 116 Å². The van der Waals surface area contributed by atoms with Crippen LogP contribution in [0.15, 0.2) is 140 Å². The van der Waals surface area contributed by atoms with Gasteiger partial charge in [0.1, 0.15) is 4.83 Å². The predicted octanol–water partition coefficient (Wildman–Crippen LogP) is 11.8. The molecule has 3 nitrogen and oxygen atoms in total. The minimum absolute atomic E-state index is 0.528. The van der Waals surface area contributed by atoms with Crippen LogP contribution < -0.4 is 9.75 Å². The number of hydrogen-bond donors (Lipinski definition) is 0. The topological polar surface area (TPSA) is 30.7 Å². The van der Waals surface area contributed by atoms with Gasteiger partial charge in [-0.3, -0.25) is 4.57 Å². The first-order valence-corrected chi connectivity index (χ1v) is 19.4. The summed E-state index contributed by atoms with van der Waals surface area (Å²) < 4.78 is 6.22. The molecule has 0 spiro atoms. The van der Waals surface area contributed by atoms with Gasteiger partial charge >= 0.3 is 0 Å². The van der Waals surface area contributed by atoms with Gasteiger partial charge in [-0.05, 0) is 82.3 Å². The largest absolute Gasteiger partial charge is 0.278 e. The fourth-order valence-electron chi connectivity index (χ4n) is 8.06. The highest BCUT2D eigenvalue weighted by Crippen LogP contribution is 2.42. The monoisotopic (exact) mass is 701 g/mol. The summed E-state index contributed by atoms with van der Waals surface area (Å²) in [4.78, 5) is 12.0. The smallest absolute Gasteiger partial charge is 0.236 e. The molecule has 11 rings (SSSR count). The molecule has 1 atom stereocenters. The highest BCUT2D eigenvalue weighted by molar-refractivity contribution is 7.25. The predicted molar refractivity (Wildman–Crippen MR) is 223 cm³/mol. The van der Waals surface area contributed by atoms with E-state index in [1.807, 2.05) is 11.3 Å². The summed E-state index contributed by atoms with van der Waals surface area (Å²) in [5, 5.41) is 7.41. The first-order valence-electron chi connectivity index (χ1n) is 17.8. The molecule has 10 aromatic rings. The Balaban J connectivity index is 1.25. The van der Waals surface area contributed by atoms with Crippen molar-refractivity contribution in [3.63, 3.8) is 0 Å². The Morgan fingerprint density at radius 1 is 0.558 bits per heavy atom. The standard InChI is InChI=1S/C47H31N3S2/c1-28-20-21-42-37(22-28)38-26-40-36(27-43(38)51-42)34-16-8-10-18-39(34)50(40)47-48-45(44-35-17-9-11-19-41(35)52-46(44)49-47)33-24-31(29-12-4-2-5-13-29)23-32(25-33)30-14-6-3-7-15-30/h2-19,21-28H,20H2,1H3. The third-order valence-electron chi connectivity index (χ3n) is 10.5. The van der Waals surface area contributed by atoms with Gasteiger partial charge in [0.15, 0.2) is 0 Å². The van der Waals surface area contributed by atoms with Crippen molar-refractivity contribution in [3.8, 4) is 39.5 Å². The zero-order valence-corrected chi connectivity index (χ0v) is 30.0. The molecule has 1 unspecified atom stereocenters. The lowest BCUT2D eigenvalue weighted by atomic mass is 9.94. The lowest BCUT2D eigenvalue weighted by Gasteiger charge is -2.14. The Bertz CT molecular complexity index is 3110. The zero-order chi connectivity index (χ0) is 34.3. The molecule has 0 saturated heterocycles. The lowest BCUT2D eigenvalue weighted by molar-refractivity contribution is 0.803. The average Bonchev–Trinajstić information content (AvgIpc) is 3.86. The van der Waals surface area contributed by atoms with Crippen LogP contribution in [0.3, 0.4) is 0 Å². The summed E-state index contributed by atoms with van der Waals surface area (Å²) in [6.07, 6.45) is 5.96. The van der Waals surface area contributed by atoms with Gasteiger partial charge in [0, 0.05) is 46.4 Å². The van der Waals surface area contributed by atoms with Crippen LogP contribution in [0, 0.1) is 5.92 Å². The van der Waals surface area contributed by atoms with Crippen LogP contribution in [0.5, 0.6) is 0 Å². The Hall–Kier alpha value is -5.88. The second kappa shape index (κ2) is 11.6. The molecule has 5 heteroatoms. The summed E-state index contributed by atoms with van der Waals surface area (Å²) >= 11 is 3.65. The van der Waals surface area contributed by atoms with Crippen LogP contribution in [0.2, 0.25) is 0 Å². The quantitative estimate of drug-likeness (QED) is 0.183. The van der Waals surface area contributed by atoms with Crippen molar-refractivity contribution < 1.29 is 0 Å². The number of rotatable bonds is 4. The van der Waals surface area contributed by atoms with Crippen LogP contribution in [0.25, 0.3) is 104 Å². The number of benzene rings is 6. The van der Waals surface area contributed by atoms with E-state index < -0.39 is 0 Å². The van der Waals surface area contributed by atoms with E-state index in [9.17, 15) is 0 Å². The number of hydrogen-bond acceptors (Lipinski definition) is 4. The fraction of sp³-hybridized carbons (Fsp3) is 0.0638. The molecular weight excluding hydrogens is 671 g/mol. The van der Waals surface area contributed by atoms with Crippen LogP contribution in [0.4, 0.5) is 0 Å². The number of aromatic nitrogens is 3. The van der Waals surface area contributed by atoms with E-state index in [1.54, 1.807) is 11.3 Å². The van der Waals surface area contributed by atoms with Crippen molar-refractivity contribution in [3.05, 3.63) is 149 Å². The average molecular weight is 702 g/mol. The Morgan fingerprint density at radius 2 is 1.23 bits per heavy atom. The molecule has 246 valence electrons. The number of nitrogens with zero attached hydrogens (tertiary/aromatic N) is 3. The van der Waals surface area contributed by atoms with E-state index in [1.165, 1.54) is 51.8 Å². The van der Waals surface area contributed by atoms with Crippen molar-refractivity contribution in [1.29, 1.82) is 0 Å². The molecule has 1 aliphatic carbocycles. The maximum absolute atomic E-state index is 5.62. The Morgan fingerprint density at radius 3 is 2.00 bits per heavy atom. The van der Waals surface area contributed by atoms with Gasteiger partial charge in [-0.25, -0.2) is 9.97 Å². The normalized spacial score (nSPS) is 14.3. The molecule has 6 aromatic carbocycles. The maximum Gasteiger partial charge on any atom is 0.236 e. The van der Waals surface area contributed by atoms with Gasteiger partial charge in [0.25, 0.3) is 0 Å². The molecule has 0 N–H and O–H groups in total. The van der Waals surface area contributed by atoms with E-state index in [-0.39, 0.29) is 0 Å². The first-order chi connectivity index (χ1) is 25.7. The van der Waals surface area contributed by atoms with Gasteiger partial charge in [-0.2, -0.15) is 0 Å². The molecule has 1 aliphatic rings. The van der Waals surface area contributed by atoms with Gasteiger partial charge in [0.2, 0.25) is 5.95 Å². The minimum atomic E-state index is 0.528. The second-order valence-electron chi connectivity index (χ2n) is 13.9. The zero-order valence-electron chi connectivity index (χ0n) is 28.4. The van der Waals surface area contributed by atoms with Crippen molar-refractivity contribution in [2.45, 2.75) is 13.3 Å². The lowest BCUT2D eigenvalue weighted by Crippen LogP contribution is -2.23. The van der Waals surface area contributed by atoms with Crippen molar-refractivity contribution in [2.75, 3.05) is 0 Å². The van der Waals surface area contributed by atoms with Crippen LogP contribution in [0.1, 0.15) is 13.3 Å². The van der Waals surface area contributed by atoms with E-state index in [0.717, 1.165) is 50.1 Å². The van der Waals surface area contributed by atoms with E-state index >= 15 is 0 Å². The summed E-state index contributed by atoms with van der Waals surface area (Å²) in [5.74, 6) is 1.22. The van der Waals surface area contributed by atoms with E-state index in [2.05, 4.69) is 163 Å². The molecule has 0 fully saturated rings. The summed E-state index contributed by atoms with van der Waals surface area (Å²) in [7, 11) is 0. The molecule has 4 heterocycles. The summed E-state index contributed by atoms with van der Waals surface area (Å²) in [5.41, 5.74) is 8.95. The van der Waals surface area contributed by atoms with Gasteiger partial charge in [0.05, 0.1) is 16.7 Å². The molecule has 0 bridgehead atoms. The number of para-hydroxylation sites is 1. The maximum atomic E-state index is 5.62. The molecule has 0 saturated carbocycles. The van der Waals surface area contributed by atoms with E-state index in [0.29, 0.717) is 11.9 Å². The summed E-state index contributed by atoms with van der Waals surface area (Å²) in [6.45, 7) is 2.31. The van der Waals surface area contributed by atoms with E-state index in [4.69, 9.17) is 9.97 Å². The third kappa shape index (κ3) is 4.63. The van der Waals surface area contributed by atoms with Crippen molar-refractivity contribution in [2.24, 2.45) is 5.92 Å². The van der Waals surface area contributed by atoms with Crippen LogP contribution in [-0.4, -0.2) is 14.5 Å². The Kier molecular flexibility index (Phi) is 6.63. The molecule has 52 heavy (non-hydrogen) atoms. The molecule has 4 aromatic heterocycles.